The van der Waals surface area contributed by atoms with E-state index in [9.17, 15) is 0 Å². The highest BCUT2D eigenvalue weighted by Crippen LogP contribution is 2.23. The summed E-state index contributed by atoms with van der Waals surface area (Å²) < 4.78 is 5.32. The van der Waals surface area contributed by atoms with Gasteiger partial charge in [-0.15, -0.1) is 0 Å². The van der Waals surface area contributed by atoms with Gasteiger partial charge in [0.1, 0.15) is 5.69 Å². The van der Waals surface area contributed by atoms with Crippen LogP contribution in [-0.4, -0.2) is 58.7 Å². The molecular formula is C13H18N6O. The van der Waals surface area contributed by atoms with Crippen molar-refractivity contribution in [2.24, 2.45) is 0 Å². The zero-order valence-corrected chi connectivity index (χ0v) is 11.7. The number of nitrogens with zero attached hydrogens (tertiary/aromatic N) is 5. The molecular weight excluding hydrogens is 256 g/mol. The zero-order valence-electron chi connectivity index (χ0n) is 11.7. The van der Waals surface area contributed by atoms with E-state index in [0.717, 1.165) is 19.6 Å². The van der Waals surface area contributed by atoms with E-state index >= 15 is 0 Å². The molecule has 2 N–H and O–H groups in total. The van der Waals surface area contributed by atoms with Gasteiger partial charge in [0.15, 0.2) is 5.82 Å². The van der Waals surface area contributed by atoms with Crippen LogP contribution in [0.4, 0.5) is 5.69 Å². The fraction of sp³-hybridized carbons (Fsp3) is 0.462. The maximum absolute atomic E-state index is 5.62. The number of nitrogens with two attached hydrogens (primary N) is 1. The molecule has 106 valence electrons. The first-order valence-electron chi connectivity index (χ1n) is 6.58. The fourth-order valence-electron chi connectivity index (χ4n) is 2.30. The number of hydrogen-bond donors (Lipinski definition) is 1. The SMILES string of the molecule is CN1CCN(C)C(c2noc(-c3ccc(N)cn3)n2)C1. The van der Waals surface area contributed by atoms with Crippen molar-refractivity contribution in [1.29, 1.82) is 0 Å². The maximum Gasteiger partial charge on any atom is 0.276 e. The summed E-state index contributed by atoms with van der Waals surface area (Å²) in [7, 11) is 4.18. The van der Waals surface area contributed by atoms with Gasteiger partial charge < -0.3 is 15.2 Å². The van der Waals surface area contributed by atoms with Crippen molar-refractivity contribution in [1.82, 2.24) is 24.9 Å². The summed E-state index contributed by atoms with van der Waals surface area (Å²) >= 11 is 0. The Balaban J connectivity index is 1.84. The molecule has 0 aromatic carbocycles. The van der Waals surface area contributed by atoms with Crippen molar-refractivity contribution in [3.05, 3.63) is 24.2 Å². The van der Waals surface area contributed by atoms with Crippen LogP contribution in [0.5, 0.6) is 0 Å². The van der Waals surface area contributed by atoms with Crippen LogP contribution < -0.4 is 5.73 Å². The zero-order chi connectivity index (χ0) is 14.1. The highest BCUT2D eigenvalue weighted by atomic mass is 16.5. The second-order valence-electron chi connectivity index (χ2n) is 5.19. The van der Waals surface area contributed by atoms with Gasteiger partial charge >= 0.3 is 0 Å². The number of anilines is 1. The molecule has 0 aliphatic carbocycles. The molecule has 2 aromatic rings. The molecule has 20 heavy (non-hydrogen) atoms. The molecule has 0 bridgehead atoms. The van der Waals surface area contributed by atoms with E-state index in [1.165, 1.54) is 0 Å². The lowest BCUT2D eigenvalue weighted by Gasteiger charge is -2.35. The van der Waals surface area contributed by atoms with Crippen molar-refractivity contribution in [2.75, 3.05) is 39.5 Å². The average Bonchev–Trinajstić information content (AvgIpc) is 2.92. The van der Waals surface area contributed by atoms with E-state index in [-0.39, 0.29) is 6.04 Å². The number of nitrogen functional groups attached to an aromatic ring is 1. The molecule has 0 amide bonds. The lowest BCUT2D eigenvalue weighted by molar-refractivity contribution is 0.108. The summed E-state index contributed by atoms with van der Waals surface area (Å²) in [6, 6.07) is 3.70. The Morgan fingerprint density at radius 3 is 2.90 bits per heavy atom. The monoisotopic (exact) mass is 274 g/mol. The molecule has 3 rings (SSSR count). The summed E-state index contributed by atoms with van der Waals surface area (Å²) in [5, 5.41) is 4.10. The van der Waals surface area contributed by atoms with Crippen LogP contribution >= 0.6 is 0 Å². The Kier molecular flexibility index (Phi) is 3.37. The Morgan fingerprint density at radius 1 is 1.30 bits per heavy atom. The third-order valence-corrected chi connectivity index (χ3v) is 3.60. The highest BCUT2D eigenvalue weighted by Gasteiger charge is 2.28. The fourth-order valence-corrected chi connectivity index (χ4v) is 2.30. The molecule has 2 aromatic heterocycles. The highest BCUT2D eigenvalue weighted by molar-refractivity contribution is 5.50. The quantitative estimate of drug-likeness (QED) is 0.859. The Bertz CT molecular complexity index is 581. The Morgan fingerprint density at radius 2 is 2.15 bits per heavy atom. The second kappa shape index (κ2) is 5.18. The van der Waals surface area contributed by atoms with Gasteiger partial charge in [-0.25, -0.2) is 4.98 Å². The lowest BCUT2D eigenvalue weighted by atomic mass is 10.2. The number of hydrogen-bond acceptors (Lipinski definition) is 7. The van der Waals surface area contributed by atoms with Crippen molar-refractivity contribution >= 4 is 5.69 Å². The van der Waals surface area contributed by atoms with Gasteiger partial charge in [-0.2, -0.15) is 4.98 Å². The molecule has 1 unspecified atom stereocenters. The number of rotatable bonds is 2. The molecule has 1 aliphatic heterocycles. The van der Waals surface area contributed by atoms with Crippen molar-refractivity contribution in [3.8, 4) is 11.6 Å². The molecule has 3 heterocycles. The molecule has 0 saturated carbocycles. The molecule has 0 spiro atoms. The minimum absolute atomic E-state index is 0.153. The molecule has 1 saturated heterocycles. The largest absolute Gasteiger partial charge is 0.397 e. The van der Waals surface area contributed by atoms with Crippen LogP contribution in [0.25, 0.3) is 11.6 Å². The van der Waals surface area contributed by atoms with Gasteiger partial charge in [-0.3, -0.25) is 4.90 Å². The van der Waals surface area contributed by atoms with E-state index < -0.39 is 0 Å². The van der Waals surface area contributed by atoms with Gasteiger partial charge in [-0.05, 0) is 26.2 Å². The van der Waals surface area contributed by atoms with E-state index in [4.69, 9.17) is 10.3 Å². The summed E-state index contributed by atoms with van der Waals surface area (Å²) in [6.07, 6.45) is 1.58. The maximum atomic E-state index is 5.62. The average molecular weight is 274 g/mol. The number of likely N-dealkylation sites (N-methyl/N-ethyl adjacent to an activating group) is 2. The molecule has 7 heteroatoms. The Hall–Kier alpha value is -1.99. The predicted octanol–water partition coefficient (Wildman–Crippen LogP) is 0.632. The first-order valence-corrected chi connectivity index (χ1v) is 6.58. The van der Waals surface area contributed by atoms with Gasteiger partial charge in [0.05, 0.1) is 17.9 Å². The minimum atomic E-state index is 0.153. The number of aromatic nitrogens is 3. The van der Waals surface area contributed by atoms with Crippen LogP contribution in [0.15, 0.2) is 22.9 Å². The van der Waals surface area contributed by atoms with E-state index in [2.05, 4.69) is 39.0 Å². The van der Waals surface area contributed by atoms with Crippen molar-refractivity contribution in [3.63, 3.8) is 0 Å². The van der Waals surface area contributed by atoms with Gasteiger partial charge in [0, 0.05) is 19.6 Å². The summed E-state index contributed by atoms with van der Waals surface area (Å²) in [6.45, 7) is 2.94. The van der Waals surface area contributed by atoms with Crippen LogP contribution in [0.3, 0.4) is 0 Å². The van der Waals surface area contributed by atoms with Gasteiger partial charge in [0.25, 0.3) is 5.89 Å². The first-order chi connectivity index (χ1) is 9.63. The molecule has 0 radical (unpaired) electrons. The smallest absolute Gasteiger partial charge is 0.276 e. The summed E-state index contributed by atoms with van der Waals surface area (Å²) in [5.41, 5.74) is 6.88. The van der Waals surface area contributed by atoms with Gasteiger partial charge in [0.2, 0.25) is 0 Å². The summed E-state index contributed by atoms with van der Waals surface area (Å²) in [4.78, 5) is 13.2. The first kappa shape index (κ1) is 13.0. The Labute approximate surface area is 117 Å². The normalized spacial score (nSPS) is 21.2. The van der Waals surface area contributed by atoms with Crippen LogP contribution in [-0.2, 0) is 0 Å². The van der Waals surface area contributed by atoms with Crippen LogP contribution in [0.1, 0.15) is 11.9 Å². The predicted molar refractivity (Wildman–Crippen MR) is 74.8 cm³/mol. The lowest BCUT2D eigenvalue weighted by Crippen LogP contribution is -2.45. The third kappa shape index (κ3) is 2.50. The van der Waals surface area contributed by atoms with E-state index in [1.54, 1.807) is 18.3 Å². The summed E-state index contributed by atoms with van der Waals surface area (Å²) in [5.74, 6) is 1.13. The van der Waals surface area contributed by atoms with Crippen molar-refractivity contribution in [2.45, 2.75) is 6.04 Å². The van der Waals surface area contributed by atoms with E-state index in [0.29, 0.717) is 23.1 Å². The molecule has 1 fully saturated rings. The molecule has 1 atom stereocenters. The second-order valence-corrected chi connectivity index (χ2v) is 5.19. The van der Waals surface area contributed by atoms with E-state index in [1.807, 2.05) is 0 Å². The minimum Gasteiger partial charge on any atom is -0.397 e. The molecule has 1 aliphatic rings. The van der Waals surface area contributed by atoms with Crippen molar-refractivity contribution < 1.29 is 4.52 Å². The number of piperazine rings is 1. The third-order valence-electron chi connectivity index (χ3n) is 3.60. The van der Waals surface area contributed by atoms with Crippen LogP contribution in [0.2, 0.25) is 0 Å². The number of pyridine rings is 1. The van der Waals surface area contributed by atoms with Gasteiger partial charge in [-0.1, -0.05) is 5.16 Å². The molecule has 7 nitrogen and oxygen atoms in total. The topological polar surface area (TPSA) is 84.3 Å². The standard InChI is InChI=1S/C13H18N6O/c1-18-5-6-19(2)11(8-18)12-16-13(20-17-12)10-4-3-9(14)7-15-10/h3-4,7,11H,5-6,8,14H2,1-2H3. The van der Waals surface area contributed by atoms with Crippen LogP contribution in [0, 0.1) is 0 Å².